The van der Waals surface area contributed by atoms with Crippen LogP contribution in [0.1, 0.15) is 10.4 Å². The topological polar surface area (TPSA) is 90.6 Å². The smallest absolute Gasteiger partial charge is 0.257 e. The van der Waals surface area contributed by atoms with E-state index in [1.165, 1.54) is 0 Å². The van der Waals surface area contributed by atoms with Gasteiger partial charge >= 0.3 is 0 Å². The van der Waals surface area contributed by atoms with Crippen LogP contribution in [0.4, 0.5) is 5.82 Å². The molecule has 2 aromatic carbocycles. The number of anilines is 1. The molecule has 158 valence electrons. The highest BCUT2D eigenvalue weighted by molar-refractivity contribution is 6.12. The fourth-order valence-electron chi connectivity index (χ4n) is 3.62. The Labute approximate surface area is 183 Å². The van der Waals surface area contributed by atoms with E-state index in [1.54, 1.807) is 49.3 Å². The number of carbonyl (C=O) groups excluding carboxylic acids is 1. The van der Waals surface area contributed by atoms with E-state index in [0.717, 1.165) is 10.9 Å². The third-order valence-electron chi connectivity index (χ3n) is 5.17. The molecule has 0 unspecified atom stereocenters. The molecular weight excluding hydrogens is 406 g/mol. The largest absolute Gasteiger partial charge is 0.493 e. The highest BCUT2D eigenvalue weighted by atomic mass is 16.5. The van der Waals surface area contributed by atoms with E-state index < -0.39 is 0 Å². The molecule has 0 spiro atoms. The van der Waals surface area contributed by atoms with Crippen LogP contribution < -0.4 is 14.8 Å². The molecule has 3 aromatic heterocycles. The lowest BCUT2D eigenvalue weighted by Gasteiger charge is -2.13. The summed E-state index contributed by atoms with van der Waals surface area (Å²) in [5, 5.41) is 7.93. The third kappa shape index (κ3) is 3.37. The Morgan fingerprint density at radius 1 is 0.938 bits per heavy atom. The van der Waals surface area contributed by atoms with E-state index in [9.17, 15) is 4.79 Å². The second-order valence-electron chi connectivity index (χ2n) is 7.03. The Hall–Kier alpha value is -4.46. The second-order valence-corrected chi connectivity index (χ2v) is 7.03. The Bertz CT molecular complexity index is 1460. The van der Waals surface area contributed by atoms with Crippen LogP contribution in [0.15, 0.2) is 73.1 Å². The van der Waals surface area contributed by atoms with E-state index in [0.29, 0.717) is 39.7 Å². The fraction of sp³-hybridized carbons (Fsp3) is 0.0833. The van der Waals surface area contributed by atoms with Crippen LogP contribution in [0, 0.1) is 0 Å². The minimum Gasteiger partial charge on any atom is -0.493 e. The molecule has 1 N–H and O–H groups in total. The van der Waals surface area contributed by atoms with E-state index in [4.69, 9.17) is 14.5 Å². The molecule has 5 aromatic rings. The van der Waals surface area contributed by atoms with Crippen LogP contribution in [0.5, 0.6) is 11.5 Å². The van der Waals surface area contributed by atoms with Gasteiger partial charge in [0, 0.05) is 23.2 Å². The SMILES string of the molecule is COc1ccc(-c2cc(C(=O)Nc3ccnc4ccnn34)c3ccccc3n2)cc1OC. The summed E-state index contributed by atoms with van der Waals surface area (Å²) in [5.74, 6) is 1.46. The molecule has 0 aliphatic carbocycles. The molecule has 0 atom stereocenters. The van der Waals surface area contributed by atoms with Gasteiger partial charge in [0.2, 0.25) is 0 Å². The number of ether oxygens (including phenoxy) is 2. The van der Waals surface area contributed by atoms with Gasteiger partial charge in [0.15, 0.2) is 17.1 Å². The first-order valence-corrected chi connectivity index (χ1v) is 9.90. The number of aromatic nitrogens is 4. The number of pyridine rings is 1. The van der Waals surface area contributed by atoms with Crippen molar-refractivity contribution in [2.75, 3.05) is 19.5 Å². The van der Waals surface area contributed by atoms with Crippen LogP contribution in [0.25, 0.3) is 27.8 Å². The summed E-state index contributed by atoms with van der Waals surface area (Å²) in [6, 6.07) is 18.3. The van der Waals surface area contributed by atoms with Crippen molar-refractivity contribution in [3.63, 3.8) is 0 Å². The number of amides is 1. The Morgan fingerprint density at radius 3 is 2.62 bits per heavy atom. The molecule has 5 rings (SSSR count). The average Bonchev–Trinajstić information content (AvgIpc) is 3.33. The van der Waals surface area contributed by atoms with E-state index in [1.807, 2.05) is 42.5 Å². The van der Waals surface area contributed by atoms with Gasteiger partial charge in [-0.1, -0.05) is 18.2 Å². The number of carbonyl (C=O) groups is 1. The van der Waals surface area contributed by atoms with Crippen molar-refractivity contribution in [1.29, 1.82) is 0 Å². The summed E-state index contributed by atoms with van der Waals surface area (Å²) >= 11 is 0. The first kappa shape index (κ1) is 19.5. The summed E-state index contributed by atoms with van der Waals surface area (Å²) in [5.41, 5.74) is 3.31. The maximum Gasteiger partial charge on any atom is 0.257 e. The highest BCUT2D eigenvalue weighted by Gasteiger charge is 2.16. The Kier molecular flexibility index (Phi) is 4.87. The standard InChI is InChI=1S/C24H19N5O3/c1-31-20-8-7-15(13-21(20)32-2)19-14-17(16-5-3-4-6-18(16)27-19)24(30)28-23-9-11-25-22-10-12-26-29(22)23/h3-14H,1-2H3,(H,28,30). The molecule has 0 bridgehead atoms. The van der Waals surface area contributed by atoms with E-state index in [2.05, 4.69) is 15.4 Å². The number of nitrogens with one attached hydrogen (secondary N) is 1. The molecule has 0 saturated heterocycles. The Balaban J connectivity index is 1.61. The molecule has 0 radical (unpaired) electrons. The maximum atomic E-state index is 13.4. The predicted molar refractivity (Wildman–Crippen MR) is 121 cm³/mol. The van der Waals surface area contributed by atoms with Gasteiger partial charge < -0.3 is 14.8 Å². The maximum absolute atomic E-state index is 13.4. The molecule has 8 heteroatoms. The molecule has 1 amide bonds. The van der Waals surface area contributed by atoms with E-state index >= 15 is 0 Å². The van der Waals surface area contributed by atoms with Crippen molar-refractivity contribution in [3.8, 4) is 22.8 Å². The zero-order chi connectivity index (χ0) is 22.1. The van der Waals surface area contributed by atoms with Gasteiger partial charge in [-0.2, -0.15) is 9.61 Å². The van der Waals surface area contributed by atoms with Crippen LogP contribution in [-0.4, -0.2) is 39.7 Å². The van der Waals surface area contributed by atoms with E-state index in [-0.39, 0.29) is 5.91 Å². The van der Waals surface area contributed by atoms with Gasteiger partial charge in [-0.25, -0.2) is 9.97 Å². The number of hydrogen-bond acceptors (Lipinski definition) is 6. The molecule has 0 saturated carbocycles. The number of rotatable bonds is 5. The minimum absolute atomic E-state index is 0.270. The monoisotopic (exact) mass is 425 g/mol. The lowest BCUT2D eigenvalue weighted by atomic mass is 10.0. The second kappa shape index (κ2) is 7.99. The first-order chi connectivity index (χ1) is 15.7. The van der Waals surface area contributed by atoms with Crippen LogP contribution in [0.3, 0.4) is 0 Å². The third-order valence-corrected chi connectivity index (χ3v) is 5.17. The normalized spacial score (nSPS) is 10.9. The quantitative estimate of drug-likeness (QED) is 0.454. The van der Waals surface area contributed by atoms with Gasteiger partial charge in [0.05, 0.1) is 37.2 Å². The number of benzene rings is 2. The molecule has 0 aliphatic rings. The molecule has 0 fully saturated rings. The summed E-state index contributed by atoms with van der Waals surface area (Å²) in [6.45, 7) is 0. The van der Waals surface area contributed by atoms with Crippen molar-refractivity contribution in [1.82, 2.24) is 19.6 Å². The lowest BCUT2D eigenvalue weighted by molar-refractivity contribution is 0.102. The predicted octanol–water partition coefficient (Wildman–Crippen LogP) is 4.21. The first-order valence-electron chi connectivity index (χ1n) is 9.90. The van der Waals surface area contributed by atoms with Crippen molar-refractivity contribution >= 4 is 28.3 Å². The van der Waals surface area contributed by atoms with Crippen LogP contribution in [0.2, 0.25) is 0 Å². The molecule has 8 nitrogen and oxygen atoms in total. The molecule has 0 aliphatic heterocycles. The van der Waals surface area contributed by atoms with Crippen LogP contribution >= 0.6 is 0 Å². The number of nitrogens with zero attached hydrogens (tertiary/aromatic N) is 4. The average molecular weight is 425 g/mol. The molecular formula is C24H19N5O3. The zero-order valence-electron chi connectivity index (χ0n) is 17.4. The fourth-order valence-corrected chi connectivity index (χ4v) is 3.62. The Morgan fingerprint density at radius 2 is 1.78 bits per heavy atom. The summed E-state index contributed by atoms with van der Waals surface area (Å²) in [6.07, 6.45) is 3.27. The summed E-state index contributed by atoms with van der Waals surface area (Å²) < 4.78 is 12.3. The number of fused-ring (bicyclic) bond motifs is 2. The van der Waals surface area contributed by atoms with Crippen molar-refractivity contribution < 1.29 is 14.3 Å². The van der Waals surface area contributed by atoms with Crippen molar-refractivity contribution in [2.45, 2.75) is 0 Å². The summed E-state index contributed by atoms with van der Waals surface area (Å²) in [7, 11) is 3.17. The van der Waals surface area contributed by atoms with Gasteiger partial charge in [0.1, 0.15) is 5.82 Å². The number of hydrogen-bond donors (Lipinski definition) is 1. The van der Waals surface area contributed by atoms with Gasteiger partial charge in [-0.3, -0.25) is 4.79 Å². The van der Waals surface area contributed by atoms with Gasteiger partial charge in [-0.15, -0.1) is 0 Å². The zero-order valence-corrected chi connectivity index (χ0v) is 17.4. The van der Waals surface area contributed by atoms with Crippen LogP contribution in [-0.2, 0) is 0 Å². The lowest BCUT2D eigenvalue weighted by Crippen LogP contribution is -2.16. The molecule has 3 heterocycles. The molecule has 32 heavy (non-hydrogen) atoms. The van der Waals surface area contributed by atoms with Gasteiger partial charge in [0.25, 0.3) is 5.91 Å². The van der Waals surface area contributed by atoms with Crippen molar-refractivity contribution in [3.05, 3.63) is 78.6 Å². The minimum atomic E-state index is -0.270. The summed E-state index contributed by atoms with van der Waals surface area (Å²) in [4.78, 5) is 22.4. The number of para-hydroxylation sites is 1. The highest BCUT2D eigenvalue weighted by Crippen LogP contribution is 2.33. The van der Waals surface area contributed by atoms with Gasteiger partial charge in [-0.05, 0) is 36.4 Å². The number of methoxy groups -OCH3 is 2. The van der Waals surface area contributed by atoms with Crippen molar-refractivity contribution in [2.24, 2.45) is 0 Å².